The summed E-state index contributed by atoms with van der Waals surface area (Å²) in [7, 11) is 1.92. The lowest BCUT2D eigenvalue weighted by Gasteiger charge is -2.31. The Morgan fingerprint density at radius 2 is 2.11 bits per heavy atom. The van der Waals surface area contributed by atoms with Gasteiger partial charge in [0.25, 0.3) is 0 Å². The number of aliphatic hydroxyl groups excluding tert-OH is 1. The molecular formula is C14H26N4O. The van der Waals surface area contributed by atoms with Crippen LogP contribution in [0.15, 0.2) is 0 Å². The van der Waals surface area contributed by atoms with E-state index >= 15 is 0 Å². The van der Waals surface area contributed by atoms with Crippen molar-refractivity contribution in [1.29, 1.82) is 0 Å². The molecule has 19 heavy (non-hydrogen) atoms. The molecule has 1 aromatic rings. The number of aromatic nitrogens is 2. The zero-order chi connectivity index (χ0) is 14.0. The molecule has 2 unspecified atom stereocenters. The van der Waals surface area contributed by atoms with Crippen molar-refractivity contribution in [2.45, 2.75) is 51.5 Å². The van der Waals surface area contributed by atoms with Gasteiger partial charge in [-0.25, -0.2) is 0 Å². The van der Waals surface area contributed by atoms with Crippen LogP contribution in [0.1, 0.15) is 51.1 Å². The molecular weight excluding hydrogens is 240 g/mol. The van der Waals surface area contributed by atoms with Gasteiger partial charge in [-0.1, -0.05) is 26.7 Å². The Labute approximate surface area is 115 Å². The summed E-state index contributed by atoms with van der Waals surface area (Å²) in [5.41, 5.74) is 7.90. The molecule has 5 nitrogen and oxygen atoms in total. The molecule has 0 aliphatic heterocycles. The first kappa shape index (κ1) is 14.2. The SMILES string of the molecule is CC(C)c1nn(C)c(NC2CCCCC2CO)c1N. The third-order valence-electron chi connectivity index (χ3n) is 4.12. The maximum absolute atomic E-state index is 9.48. The molecule has 1 aliphatic carbocycles. The van der Waals surface area contributed by atoms with Crippen LogP contribution < -0.4 is 11.1 Å². The van der Waals surface area contributed by atoms with E-state index in [0.717, 1.165) is 30.0 Å². The molecule has 1 aromatic heterocycles. The fourth-order valence-corrected chi connectivity index (χ4v) is 2.95. The van der Waals surface area contributed by atoms with E-state index in [1.54, 1.807) is 0 Å². The highest BCUT2D eigenvalue weighted by atomic mass is 16.3. The first-order valence-corrected chi connectivity index (χ1v) is 7.24. The van der Waals surface area contributed by atoms with E-state index in [9.17, 15) is 5.11 Å². The van der Waals surface area contributed by atoms with E-state index in [4.69, 9.17) is 5.73 Å². The molecule has 0 amide bonds. The summed E-state index contributed by atoms with van der Waals surface area (Å²) >= 11 is 0. The van der Waals surface area contributed by atoms with Gasteiger partial charge in [0.05, 0.1) is 11.4 Å². The summed E-state index contributed by atoms with van der Waals surface area (Å²) in [5, 5.41) is 17.5. The Balaban J connectivity index is 2.18. The maximum Gasteiger partial charge on any atom is 0.148 e. The van der Waals surface area contributed by atoms with Crippen LogP contribution in [-0.2, 0) is 7.05 Å². The molecule has 0 radical (unpaired) electrons. The van der Waals surface area contributed by atoms with Gasteiger partial charge in [-0.15, -0.1) is 0 Å². The van der Waals surface area contributed by atoms with Gasteiger partial charge in [-0.05, 0) is 18.8 Å². The highest BCUT2D eigenvalue weighted by Gasteiger charge is 2.26. The Morgan fingerprint density at radius 1 is 1.42 bits per heavy atom. The lowest BCUT2D eigenvalue weighted by molar-refractivity contribution is 0.178. The zero-order valence-corrected chi connectivity index (χ0v) is 12.2. The number of aliphatic hydroxyl groups is 1. The van der Waals surface area contributed by atoms with Gasteiger partial charge < -0.3 is 16.2 Å². The largest absolute Gasteiger partial charge is 0.396 e. The fourth-order valence-electron chi connectivity index (χ4n) is 2.95. The van der Waals surface area contributed by atoms with E-state index in [1.165, 1.54) is 12.8 Å². The lowest BCUT2D eigenvalue weighted by atomic mass is 9.85. The molecule has 0 saturated heterocycles. The standard InChI is InChI=1S/C14H26N4O/c1-9(2)13-12(15)14(18(3)17-13)16-11-7-5-4-6-10(11)8-19/h9-11,16,19H,4-8,15H2,1-3H3. The molecule has 4 N–H and O–H groups in total. The van der Waals surface area contributed by atoms with Crippen LogP contribution >= 0.6 is 0 Å². The van der Waals surface area contributed by atoms with Crippen molar-refractivity contribution < 1.29 is 5.11 Å². The van der Waals surface area contributed by atoms with Crippen LogP contribution in [0.3, 0.4) is 0 Å². The van der Waals surface area contributed by atoms with E-state index in [-0.39, 0.29) is 6.61 Å². The topological polar surface area (TPSA) is 76.1 Å². The van der Waals surface area contributed by atoms with Crippen LogP contribution in [0.4, 0.5) is 11.5 Å². The number of nitrogen functional groups attached to an aromatic ring is 1. The van der Waals surface area contributed by atoms with Gasteiger partial charge in [0.15, 0.2) is 0 Å². The Hall–Kier alpha value is -1.23. The van der Waals surface area contributed by atoms with Crippen LogP contribution in [0, 0.1) is 5.92 Å². The van der Waals surface area contributed by atoms with Gasteiger partial charge in [0, 0.05) is 25.6 Å². The lowest BCUT2D eigenvalue weighted by Crippen LogP contribution is -2.35. The second-order valence-electron chi connectivity index (χ2n) is 5.90. The van der Waals surface area contributed by atoms with E-state index in [2.05, 4.69) is 24.3 Å². The Kier molecular flexibility index (Phi) is 4.34. The van der Waals surface area contributed by atoms with E-state index < -0.39 is 0 Å². The molecule has 0 spiro atoms. The monoisotopic (exact) mass is 266 g/mol. The van der Waals surface area contributed by atoms with Gasteiger partial charge >= 0.3 is 0 Å². The molecule has 0 aromatic carbocycles. The van der Waals surface area contributed by atoms with Crippen molar-refractivity contribution >= 4 is 11.5 Å². The van der Waals surface area contributed by atoms with Crippen LogP contribution in [0.2, 0.25) is 0 Å². The maximum atomic E-state index is 9.48. The number of nitrogens with zero attached hydrogens (tertiary/aromatic N) is 2. The first-order chi connectivity index (χ1) is 9.04. The number of rotatable bonds is 4. The smallest absolute Gasteiger partial charge is 0.148 e. The number of nitrogens with one attached hydrogen (secondary N) is 1. The second-order valence-corrected chi connectivity index (χ2v) is 5.90. The molecule has 108 valence electrons. The summed E-state index contributed by atoms with van der Waals surface area (Å²) in [5.74, 6) is 1.54. The van der Waals surface area contributed by atoms with Gasteiger partial charge in [-0.3, -0.25) is 4.68 Å². The van der Waals surface area contributed by atoms with Crippen molar-refractivity contribution in [2.75, 3.05) is 17.7 Å². The van der Waals surface area contributed by atoms with Crippen molar-refractivity contribution in [2.24, 2.45) is 13.0 Å². The quantitative estimate of drug-likeness (QED) is 0.780. The van der Waals surface area contributed by atoms with Crippen LogP contribution in [0.5, 0.6) is 0 Å². The predicted octanol–water partition coefficient (Wildman–Crippen LogP) is 2.09. The number of hydrogen-bond donors (Lipinski definition) is 3. The van der Waals surface area contributed by atoms with Crippen molar-refractivity contribution in [3.05, 3.63) is 5.69 Å². The third kappa shape index (κ3) is 2.86. The number of aryl methyl sites for hydroxylation is 1. The first-order valence-electron chi connectivity index (χ1n) is 7.24. The summed E-state index contributed by atoms with van der Waals surface area (Å²) in [6.45, 7) is 4.44. The third-order valence-corrected chi connectivity index (χ3v) is 4.12. The molecule has 0 bridgehead atoms. The summed E-state index contributed by atoms with van der Waals surface area (Å²) in [6, 6.07) is 0.302. The molecule has 1 heterocycles. The van der Waals surface area contributed by atoms with E-state index in [0.29, 0.717) is 17.9 Å². The van der Waals surface area contributed by atoms with Gasteiger partial charge in [-0.2, -0.15) is 5.10 Å². The van der Waals surface area contributed by atoms with Crippen LogP contribution in [-0.4, -0.2) is 27.5 Å². The summed E-state index contributed by atoms with van der Waals surface area (Å²) in [6.07, 6.45) is 4.60. The number of anilines is 2. The van der Waals surface area contributed by atoms with Gasteiger partial charge in [0.2, 0.25) is 0 Å². The number of nitrogens with two attached hydrogens (primary N) is 1. The number of hydrogen-bond acceptors (Lipinski definition) is 4. The highest BCUT2D eigenvalue weighted by Crippen LogP contribution is 2.32. The molecule has 1 saturated carbocycles. The minimum absolute atomic E-state index is 0.243. The average molecular weight is 266 g/mol. The fraction of sp³-hybridized carbons (Fsp3) is 0.786. The van der Waals surface area contributed by atoms with Gasteiger partial charge in [0.1, 0.15) is 5.82 Å². The Morgan fingerprint density at radius 3 is 2.68 bits per heavy atom. The summed E-state index contributed by atoms with van der Waals surface area (Å²) < 4.78 is 1.83. The van der Waals surface area contributed by atoms with Crippen molar-refractivity contribution in [3.8, 4) is 0 Å². The summed E-state index contributed by atoms with van der Waals surface area (Å²) in [4.78, 5) is 0. The minimum atomic E-state index is 0.243. The molecule has 1 fully saturated rings. The molecule has 2 rings (SSSR count). The molecule has 5 heteroatoms. The van der Waals surface area contributed by atoms with Crippen molar-refractivity contribution in [1.82, 2.24) is 9.78 Å². The van der Waals surface area contributed by atoms with Crippen LogP contribution in [0.25, 0.3) is 0 Å². The Bertz CT molecular complexity index is 427. The normalized spacial score (nSPS) is 23.8. The molecule has 1 aliphatic rings. The minimum Gasteiger partial charge on any atom is -0.396 e. The zero-order valence-electron chi connectivity index (χ0n) is 12.2. The van der Waals surface area contributed by atoms with Crippen molar-refractivity contribution in [3.63, 3.8) is 0 Å². The second kappa shape index (κ2) is 5.82. The molecule has 2 atom stereocenters. The highest BCUT2D eigenvalue weighted by molar-refractivity contribution is 5.66. The van der Waals surface area contributed by atoms with E-state index in [1.807, 2.05) is 11.7 Å². The average Bonchev–Trinajstić information content (AvgIpc) is 2.67. The predicted molar refractivity (Wildman–Crippen MR) is 78.2 cm³/mol.